The maximum absolute atomic E-state index is 8.38. The summed E-state index contributed by atoms with van der Waals surface area (Å²) in [5.74, 6) is 0. The minimum Gasteiger partial charge on any atom is -0.423 e. The number of nitrogens with zero attached hydrogens (tertiary/aromatic N) is 1. The predicted octanol–water partition coefficient (Wildman–Crippen LogP) is -0.231. The molecule has 3 nitrogen and oxygen atoms in total. The van der Waals surface area contributed by atoms with E-state index >= 15 is 0 Å². The lowest BCUT2D eigenvalue weighted by Crippen LogP contribution is -2.14. The van der Waals surface area contributed by atoms with Crippen molar-refractivity contribution in [2.75, 3.05) is 0 Å². The van der Waals surface area contributed by atoms with Crippen LogP contribution in [0.4, 0.5) is 0 Å². The Morgan fingerprint density at radius 3 is 2.44 bits per heavy atom. The minimum atomic E-state index is -1.52. The van der Waals surface area contributed by atoms with Crippen molar-refractivity contribution in [1.29, 1.82) is 0 Å². The van der Waals surface area contributed by atoms with Gasteiger partial charge >= 0.3 is 7.12 Å². The van der Waals surface area contributed by atoms with Gasteiger partial charge in [-0.1, -0.05) is 13.2 Å². The van der Waals surface area contributed by atoms with Crippen LogP contribution in [0, 0.1) is 0 Å². The fourth-order valence-corrected chi connectivity index (χ4v) is 0.215. The van der Waals surface area contributed by atoms with E-state index in [1.807, 2.05) is 0 Å². The Bertz CT molecular complexity index is 142. The summed E-state index contributed by atoms with van der Waals surface area (Å²) < 4.78 is 0. The number of hydrogen-bond donors (Lipinski definition) is 2. The quantitative estimate of drug-likeness (QED) is 0.404. The van der Waals surface area contributed by atoms with Gasteiger partial charge in [0, 0.05) is 12.4 Å². The van der Waals surface area contributed by atoms with Crippen LogP contribution in [-0.4, -0.2) is 23.4 Å². The molecule has 0 radical (unpaired) electrons. The number of hydrogen-bond acceptors (Lipinski definition) is 3. The van der Waals surface area contributed by atoms with Crippen molar-refractivity contribution in [2.45, 2.75) is 0 Å². The van der Waals surface area contributed by atoms with Crippen LogP contribution in [0.25, 0.3) is 0 Å². The van der Waals surface area contributed by atoms with Crippen molar-refractivity contribution < 1.29 is 10.0 Å². The monoisotopic (exact) mass is 125 g/mol. The molecule has 0 rings (SSSR count). The molecule has 0 aromatic rings. The van der Waals surface area contributed by atoms with Gasteiger partial charge in [-0.3, -0.25) is 4.99 Å². The first-order chi connectivity index (χ1) is 4.18. The first-order valence-electron chi connectivity index (χ1n) is 2.37. The van der Waals surface area contributed by atoms with E-state index in [1.165, 1.54) is 12.4 Å². The maximum atomic E-state index is 8.38. The van der Waals surface area contributed by atoms with Gasteiger partial charge in [-0.05, 0) is 5.47 Å². The fourth-order valence-electron chi connectivity index (χ4n) is 0.215. The molecule has 0 amide bonds. The maximum Gasteiger partial charge on any atom is 0.489 e. The minimum absolute atomic E-state index is 0.148. The predicted molar refractivity (Wildman–Crippen MR) is 38.0 cm³/mol. The van der Waals surface area contributed by atoms with Crippen LogP contribution in [-0.2, 0) is 0 Å². The molecular formula is C5H8BNO2. The molecule has 0 aliphatic carbocycles. The second-order valence-corrected chi connectivity index (χ2v) is 1.41. The molecule has 0 saturated carbocycles. The summed E-state index contributed by atoms with van der Waals surface area (Å²) in [4.78, 5) is 3.51. The Kier molecular flexibility index (Phi) is 3.67. The van der Waals surface area contributed by atoms with Crippen LogP contribution in [0.3, 0.4) is 0 Å². The lowest BCUT2D eigenvalue weighted by molar-refractivity contribution is 0.422. The molecule has 0 aromatic heterocycles. The molecule has 0 atom stereocenters. The topological polar surface area (TPSA) is 52.8 Å². The van der Waals surface area contributed by atoms with Crippen molar-refractivity contribution >= 4 is 13.3 Å². The molecule has 0 aliphatic heterocycles. The average molecular weight is 125 g/mol. The van der Waals surface area contributed by atoms with E-state index in [1.54, 1.807) is 0 Å². The van der Waals surface area contributed by atoms with Gasteiger partial charge in [-0.2, -0.15) is 0 Å². The van der Waals surface area contributed by atoms with Crippen molar-refractivity contribution in [2.24, 2.45) is 4.99 Å². The fraction of sp³-hybridized carbons (Fsp3) is 0. The summed E-state index contributed by atoms with van der Waals surface area (Å²) in [6.45, 7) is 6.58. The molecule has 48 valence electrons. The van der Waals surface area contributed by atoms with Gasteiger partial charge in [0.05, 0.1) is 0 Å². The molecule has 4 heteroatoms. The molecule has 0 spiro atoms. The molecule has 0 fully saturated rings. The van der Waals surface area contributed by atoms with E-state index < -0.39 is 7.12 Å². The molecule has 0 unspecified atom stereocenters. The standard InChI is InChI=1S/C5H8BNO2/c1-3-7-4-5(2)6(8)9/h3-4,8-9H,1-2H2/b7-4-. The van der Waals surface area contributed by atoms with E-state index in [4.69, 9.17) is 10.0 Å². The zero-order chi connectivity index (χ0) is 7.28. The molecular weight excluding hydrogens is 117 g/mol. The molecule has 2 N–H and O–H groups in total. The average Bonchev–Trinajstić information content (AvgIpc) is 1.82. The number of allylic oxidation sites excluding steroid dienone is 1. The summed E-state index contributed by atoms with van der Waals surface area (Å²) in [5.41, 5.74) is 0.148. The van der Waals surface area contributed by atoms with E-state index in [2.05, 4.69) is 18.2 Å². The molecule has 0 heterocycles. The van der Waals surface area contributed by atoms with E-state index in [0.29, 0.717) is 0 Å². The second-order valence-electron chi connectivity index (χ2n) is 1.41. The summed E-state index contributed by atoms with van der Waals surface area (Å²) >= 11 is 0. The van der Waals surface area contributed by atoms with Gasteiger partial charge in [0.15, 0.2) is 0 Å². The van der Waals surface area contributed by atoms with Gasteiger partial charge in [0.2, 0.25) is 0 Å². The Balaban J connectivity index is 3.76. The SMILES string of the molecule is C=C/N=C\C(=C)B(O)O. The van der Waals surface area contributed by atoms with Crippen molar-refractivity contribution in [1.82, 2.24) is 0 Å². The highest BCUT2D eigenvalue weighted by atomic mass is 16.4. The van der Waals surface area contributed by atoms with Gasteiger partial charge in [-0.15, -0.1) is 0 Å². The third-order valence-electron chi connectivity index (χ3n) is 0.677. The Morgan fingerprint density at radius 1 is 1.56 bits per heavy atom. The van der Waals surface area contributed by atoms with Gasteiger partial charge in [-0.25, -0.2) is 0 Å². The first kappa shape index (κ1) is 8.13. The van der Waals surface area contributed by atoms with Crippen LogP contribution in [0.2, 0.25) is 0 Å². The molecule has 0 aromatic carbocycles. The smallest absolute Gasteiger partial charge is 0.423 e. The highest BCUT2D eigenvalue weighted by molar-refractivity contribution is 6.56. The summed E-state index contributed by atoms with van der Waals surface area (Å²) in [7, 11) is -1.52. The highest BCUT2D eigenvalue weighted by Crippen LogP contribution is 1.85. The highest BCUT2D eigenvalue weighted by Gasteiger charge is 2.07. The van der Waals surface area contributed by atoms with Crippen molar-refractivity contribution in [3.05, 3.63) is 24.8 Å². The second kappa shape index (κ2) is 4.06. The first-order valence-corrected chi connectivity index (χ1v) is 2.37. The third-order valence-corrected chi connectivity index (χ3v) is 0.677. The number of rotatable bonds is 3. The lowest BCUT2D eigenvalue weighted by atomic mass is 9.82. The third kappa shape index (κ3) is 3.70. The largest absolute Gasteiger partial charge is 0.489 e. The van der Waals surface area contributed by atoms with Crippen LogP contribution in [0.5, 0.6) is 0 Å². The number of aliphatic imine (C=N–C) groups is 1. The molecule has 0 saturated heterocycles. The van der Waals surface area contributed by atoms with Gasteiger partial charge < -0.3 is 10.0 Å². The Morgan fingerprint density at radius 2 is 2.11 bits per heavy atom. The van der Waals surface area contributed by atoms with Crippen molar-refractivity contribution in [3.63, 3.8) is 0 Å². The zero-order valence-corrected chi connectivity index (χ0v) is 4.99. The van der Waals surface area contributed by atoms with E-state index in [0.717, 1.165) is 0 Å². The summed E-state index contributed by atoms with van der Waals surface area (Å²) in [5, 5.41) is 16.8. The van der Waals surface area contributed by atoms with Crippen LogP contribution >= 0.6 is 0 Å². The summed E-state index contributed by atoms with van der Waals surface area (Å²) in [6.07, 6.45) is 2.52. The molecule has 0 bridgehead atoms. The van der Waals surface area contributed by atoms with Crippen molar-refractivity contribution in [3.8, 4) is 0 Å². The summed E-state index contributed by atoms with van der Waals surface area (Å²) in [6, 6.07) is 0. The van der Waals surface area contributed by atoms with Crippen LogP contribution in [0.15, 0.2) is 29.8 Å². The van der Waals surface area contributed by atoms with Crippen LogP contribution < -0.4 is 0 Å². The Labute approximate surface area is 54.2 Å². The Hall–Kier alpha value is -0.865. The van der Waals surface area contributed by atoms with E-state index in [-0.39, 0.29) is 5.47 Å². The zero-order valence-electron chi connectivity index (χ0n) is 4.99. The van der Waals surface area contributed by atoms with E-state index in [9.17, 15) is 0 Å². The van der Waals surface area contributed by atoms with Crippen LogP contribution in [0.1, 0.15) is 0 Å². The normalized spacial score (nSPS) is 9.56. The lowest BCUT2D eigenvalue weighted by Gasteiger charge is -1.91. The van der Waals surface area contributed by atoms with Gasteiger partial charge in [0.1, 0.15) is 0 Å². The molecule has 9 heavy (non-hydrogen) atoms. The molecule has 0 aliphatic rings. The van der Waals surface area contributed by atoms with Gasteiger partial charge in [0.25, 0.3) is 0 Å².